The maximum atomic E-state index is 12.7. The summed E-state index contributed by atoms with van der Waals surface area (Å²) in [5.41, 5.74) is 1.18. The third kappa shape index (κ3) is 2.87. The number of nitrogens with zero attached hydrogens (tertiary/aromatic N) is 3. The zero-order valence-corrected chi connectivity index (χ0v) is 12.8. The van der Waals surface area contributed by atoms with Crippen LogP contribution in [0.25, 0.3) is 0 Å². The molecule has 0 spiro atoms. The Morgan fingerprint density at radius 2 is 2.05 bits per heavy atom. The first kappa shape index (κ1) is 14.3. The van der Waals surface area contributed by atoms with Crippen LogP contribution in [0.4, 0.5) is 0 Å². The molecule has 2 heterocycles. The van der Waals surface area contributed by atoms with Gasteiger partial charge < -0.3 is 0 Å². The lowest BCUT2D eigenvalue weighted by molar-refractivity contribution is 0.385. The number of rotatable bonds is 4. The first-order chi connectivity index (χ1) is 10.1. The van der Waals surface area contributed by atoms with Crippen LogP contribution in [0.15, 0.2) is 47.6 Å². The van der Waals surface area contributed by atoms with Crippen molar-refractivity contribution in [1.29, 1.82) is 0 Å². The number of sulfonamides is 1. The molecule has 0 amide bonds. The average molecular weight is 305 g/mol. The van der Waals surface area contributed by atoms with Crippen LogP contribution in [0.5, 0.6) is 0 Å². The van der Waals surface area contributed by atoms with Crippen LogP contribution in [-0.2, 0) is 23.5 Å². The van der Waals surface area contributed by atoms with Crippen LogP contribution in [0.1, 0.15) is 18.4 Å². The number of benzene rings is 1. The Labute approximate surface area is 125 Å². The molecule has 1 atom stereocenters. The Kier molecular flexibility index (Phi) is 3.82. The molecule has 2 aromatic rings. The predicted octanol–water partition coefficient (Wildman–Crippen LogP) is 1.82. The van der Waals surface area contributed by atoms with Crippen molar-refractivity contribution in [1.82, 2.24) is 14.1 Å². The van der Waals surface area contributed by atoms with Crippen LogP contribution < -0.4 is 0 Å². The monoisotopic (exact) mass is 305 g/mol. The fourth-order valence-corrected chi connectivity index (χ4v) is 4.56. The zero-order valence-electron chi connectivity index (χ0n) is 12.0. The molecule has 1 fully saturated rings. The Hall–Kier alpha value is -1.66. The van der Waals surface area contributed by atoms with Crippen LogP contribution in [0, 0.1) is 0 Å². The highest BCUT2D eigenvalue weighted by atomic mass is 32.2. The van der Waals surface area contributed by atoms with E-state index in [1.165, 1.54) is 16.4 Å². The van der Waals surface area contributed by atoms with E-state index in [-0.39, 0.29) is 10.9 Å². The number of hydrogen-bond acceptors (Lipinski definition) is 3. The fraction of sp³-hybridized carbons (Fsp3) is 0.400. The van der Waals surface area contributed by atoms with E-state index in [0.29, 0.717) is 6.54 Å². The Bertz CT molecular complexity index is 710. The van der Waals surface area contributed by atoms with E-state index in [0.717, 1.165) is 19.3 Å². The van der Waals surface area contributed by atoms with Crippen molar-refractivity contribution < 1.29 is 8.42 Å². The van der Waals surface area contributed by atoms with Crippen molar-refractivity contribution in [3.63, 3.8) is 0 Å². The molecular formula is C15H19N3O2S. The summed E-state index contributed by atoms with van der Waals surface area (Å²) >= 11 is 0. The van der Waals surface area contributed by atoms with Crippen molar-refractivity contribution in [2.75, 3.05) is 6.54 Å². The first-order valence-electron chi connectivity index (χ1n) is 7.12. The van der Waals surface area contributed by atoms with Gasteiger partial charge in [0.1, 0.15) is 4.90 Å². The van der Waals surface area contributed by atoms with E-state index < -0.39 is 10.0 Å². The van der Waals surface area contributed by atoms with E-state index in [1.807, 2.05) is 30.3 Å². The predicted molar refractivity (Wildman–Crippen MR) is 80.3 cm³/mol. The van der Waals surface area contributed by atoms with E-state index in [2.05, 4.69) is 5.10 Å². The van der Waals surface area contributed by atoms with Gasteiger partial charge in [0, 0.05) is 25.8 Å². The van der Waals surface area contributed by atoms with Gasteiger partial charge in [-0.3, -0.25) is 4.68 Å². The number of hydrogen-bond donors (Lipinski definition) is 0. The molecule has 0 unspecified atom stereocenters. The van der Waals surface area contributed by atoms with Crippen molar-refractivity contribution in [3.8, 4) is 0 Å². The summed E-state index contributed by atoms with van der Waals surface area (Å²) in [5, 5.41) is 3.97. The summed E-state index contributed by atoms with van der Waals surface area (Å²) in [6.07, 6.45) is 5.58. The van der Waals surface area contributed by atoms with Crippen molar-refractivity contribution in [2.45, 2.75) is 30.2 Å². The summed E-state index contributed by atoms with van der Waals surface area (Å²) in [4.78, 5) is 0.282. The van der Waals surface area contributed by atoms with Gasteiger partial charge in [0.05, 0.1) is 6.20 Å². The largest absolute Gasteiger partial charge is 0.274 e. The molecule has 1 saturated heterocycles. The third-order valence-electron chi connectivity index (χ3n) is 3.93. The van der Waals surface area contributed by atoms with Crippen LogP contribution in [-0.4, -0.2) is 35.1 Å². The van der Waals surface area contributed by atoms with Gasteiger partial charge in [-0.05, 0) is 24.8 Å². The fourth-order valence-electron chi connectivity index (χ4n) is 2.88. The molecule has 0 saturated carbocycles. The first-order valence-corrected chi connectivity index (χ1v) is 8.56. The van der Waals surface area contributed by atoms with Gasteiger partial charge in [0.2, 0.25) is 10.0 Å². The summed E-state index contributed by atoms with van der Waals surface area (Å²) in [6.45, 7) is 0.592. The maximum Gasteiger partial charge on any atom is 0.246 e. The minimum absolute atomic E-state index is 0.0395. The van der Waals surface area contributed by atoms with Crippen molar-refractivity contribution in [2.24, 2.45) is 7.05 Å². The van der Waals surface area contributed by atoms with Crippen molar-refractivity contribution in [3.05, 3.63) is 48.3 Å². The summed E-state index contributed by atoms with van der Waals surface area (Å²) < 4.78 is 28.6. The van der Waals surface area contributed by atoms with Gasteiger partial charge in [-0.15, -0.1) is 0 Å². The molecule has 112 valence electrons. The number of aryl methyl sites for hydroxylation is 1. The highest BCUT2D eigenvalue weighted by Crippen LogP contribution is 2.27. The molecule has 6 heteroatoms. The standard InChI is InChI=1S/C15H19N3O2S/c1-17-12-15(11-16-17)21(19,20)18-9-5-8-14(18)10-13-6-3-2-4-7-13/h2-4,6-7,11-12,14H,5,8-10H2,1H3/t14-/m1/s1. The molecule has 1 aliphatic rings. The third-order valence-corrected chi connectivity index (χ3v) is 5.83. The van der Waals surface area contributed by atoms with E-state index in [9.17, 15) is 8.42 Å². The topological polar surface area (TPSA) is 55.2 Å². The lowest BCUT2D eigenvalue weighted by Gasteiger charge is -2.23. The van der Waals surface area contributed by atoms with Gasteiger partial charge in [-0.1, -0.05) is 30.3 Å². The van der Waals surface area contributed by atoms with E-state index in [4.69, 9.17) is 0 Å². The summed E-state index contributed by atoms with van der Waals surface area (Å²) in [6, 6.07) is 10.1. The molecule has 21 heavy (non-hydrogen) atoms. The molecule has 1 aromatic carbocycles. The molecule has 3 rings (SSSR count). The van der Waals surface area contributed by atoms with Crippen LogP contribution in [0.3, 0.4) is 0 Å². The second-order valence-corrected chi connectivity index (χ2v) is 7.34. The minimum Gasteiger partial charge on any atom is -0.274 e. The molecule has 1 aliphatic heterocycles. The van der Waals surface area contributed by atoms with E-state index >= 15 is 0 Å². The molecule has 1 aromatic heterocycles. The van der Waals surface area contributed by atoms with Crippen LogP contribution in [0.2, 0.25) is 0 Å². The smallest absolute Gasteiger partial charge is 0.246 e. The Balaban J connectivity index is 1.84. The maximum absolute atomic E-state index is 12.7. The second-order valence-electron chi connectivity index (χ2n) is 5.45. The van der Waals surface area contributed by atoms with Crippen molar-refractivity contribution >= 4 is 10.0 Å². The SMILES string of the molecule is Cn1cc(S(=O)(=O)N2CCC[C@@H]2Cc2ccccc2)cn1. The Morgan fingerprint density at radius 1 is 1.29 bits per heavy atom. The lowest BCUT2D eigenvalue weighted by atomic mass is 10.1. The highest BCUT2D eigenvalue weighted by Gasteiger charge is 2.35. The Morgan fingerprint density at radius 3 is 2.71 bits per heavy atom. The van der Waals surface area contributed by atoms with Gasteiger partial charge >= 0.3 is 0 Å². The van der Waals surface area contributed by atoms with E-state index in [1.54, 1.807) is 17.5 Å². The van der Waals surface area contributed by atoms with Gasteiger partial charge in [-0.25, -0.2) is 8.42 Å². The summed E-state index contributed by atoms with van der Waals surface area (Å²) in [5.74, 6) is 0. The van der Waals surface area contributed by atoms with Gasteiger partial charge in [-0.2, -0.15) is 9.40 Å². The average Bonchev–Trinajstić information content (AvgIpc) is 3.09. The second kappa shape index (κ2) is 5.61. The lowest BCUT2D eigenvalue weighted by Crippen LogP contribution is -2.36. The normalized spacial score (nSPS) is 20.0. The molecule has 0 radical (unpaired) electrons. The molecule has 0 N–H and O–H groups in total. The molecule has 0 bridgehead atoms. The van der Waals surface area contributed by atoms with Gasteiger partial charge in [0.25, 0.3) is 0 Å². The molecular weight excluding hydrogens is 286 g/mol. The highest BCUT2D eigenvalue weighted by molar-refractivity contribution is 7.89. The van der Waals surface area contributed by atoms with Crippen LogP contribution >= 0.6 is 0 Å². The zero-order chi connectivity index (χ0) is 14.9. The molecule has 0 aliphatic carbocycles. The minimum atomic E-state index is -3.44. The van der Waals surface area contributed by atoms with Gasteiger partial charge in [0.15, 0.2) is 0 Å². The number of aromatic nitrogens is 2. The summed E-state index contributed by atoms with van der Waals surface area (Å²) in [7, 11) is -1.71. The molecule has 5 nitrogen and oxygen atoms in total. The quantitative estimate of drug-likeness (QED) is 0.866.